The van der Waals surface area contributed by atoms with Gasteiger partial charge >= 0.3 is 6.03 Å². The average molecular weight is 344 g/mol. The van der Waals surface area contributed by atoms with Crippen LogP contribution in [0.2, 0.25) is 0 Å². The maximum absolute atomic E-state index is 12.4. The number of rotatable bonds is 7. The van der Waals surface area contributed by atoms with Gasteiger partial charge in [0.15, 0.2) is 5.82 Å². The molecule has 0 saturated heterocycles. The van der Waals surface area contributed by atoms with Gasteiger partial charge in [-0.2, -0.15) is 4.98 Å². The molecule has 7 heteroatoms. The van der Waals surface area contributed by atoms with Crippen molar-refractivity contribution in [1.29, 1.82) is 0 Å². The minimum absolute atomic E-state index is 0.0333. The molecule has 0 spiro atoms. The van der Waals surface area contributed by atoms with Crippen LogP contribution >= 0.6 is 0 Å². The van der Waals surface area contributed by atoms with Crippen LogP contribution in [0.1, 0.15) is 38.4 Å². The summed E-state index contributed by atoms with van der Waals surface area (Å²) in [4.78, 5) is 18.4. The first-order valence-corrected chi connectivity index (χ1v) is 8.67. The molecule has 1 aromatic heterocycles. The van der Waals surface area contributed by atoms with Crippen LogP contribution in [0.25, 0.3) is 11.5 Å². The molecule has 1 aromatic carbocycles. The van der Waals surface area contributed by atoms with Crippen LogP contribution in [0.4, 0.5) is 10.5 Å². The van der Waals surface area contributed by atoms with Gasteiger partial charge in [-0.25, -0.2) is 4.79 Å². The zero-order valence-electron chi connectivity index (χ0n) is 14.6. The largest absolute Gasteiger partial charge is 0.395 e. The standard InChI is InChI=1S/C18H24N4O3/c1-12(2)16-20-17(25-21-16)14-5-7-15(8-6-14)19-18(24)22(9-10-23)11-13-3-4-13/h5-8,12-13,23H,3-4,9-11H2,1-2H3,(H,19,24). The van der Waals surface area contributed by atoms with Gasteiger partial charge < -0.3 is 19.8 Å². The number of amides is 2. The van der Waals surface area contributed by atoms with Gasteiger partial charge in [0.25, 0.3) is 5.89 Å². The fourth-order valence-electron chi connectivity index (χ4n) is 2.49. The number of aliphatic hydroxyl groups excluding tert-OH is 1. The molecule has 0 bridgehead atoms. The van der Waals surface area contributed by atoms with Crippen LogP contribution in [-0.2, 0) is 0 Å². The molecule has 2 amide bonds. The Morgan fingerprint density at radius 2 is 2.08 bits per heavy atom. The fourth-order valence-corrected chi connectivity index (χ4v) is 2.49. The van der Waals surface area contributed by atoms with E-state index < -0.39 is 0 Å². The van der Waals surface area contributed by atoms with Crippen molar-refractivity contribution >= 4 is 11.7 Å². The third-order valence-corrected chi connectivity index (χ3v) is 4.17. The number of nitrogens with one attached hydrogen (secondary N) is 1. The molecular weight excluding hydrogens is 320 g/mol. The molecule has 3 rings (SSSR count). The van der Waals surface area contributed by atoms with Crippen molar-refractivity contribution < 1.29 is 14.4 Å². The van der Waals surface area contributed by atoms with Crippen LogP contribution in [0.3, 0.4) is 0 Å². The van der Waals surface area contributed by atoms with Crippen LogP contribution < -0.4 is 5.32 Å². The molecule has 2 N–H and O–H groups in total. The Labute approximate surface area is 147 Å². The summed E-state index contributed by atoms with van der Waals surface area (Å²) in [5, 5.41) is 16.0. The molecule has 134 valence electrons. The normalized spacial score (nSPS) is 13.9. The summed E-state index contributed by atoms with van der Waals surface area (Å²) in [5.74, 6) is 1.93. The van der Waals surface area contributed by atoms with E-state index >= 15 is 0 Å². The number of carbonyl (C=O) groups excluding carboxylic acids is 1. The van der Waals surface area contributed by atoms with E-state index in [1.807, 2.05) is 26.0 Å². The number of anilines is 1. The van der Waals surface area contributed by atoms with Crippen molar-refractivity contribution in [3.8, 4) is 11.5 Å². The number of aromatic nitrogens is 2. The lowest BCUT2D eigenvalue weighted by atomic mass is 10.2. The minimum atomic E-state index is -0.186. The van der Waals surface area contributed by atoms with Crippen LogP contribution in [0.5, 0.6) is 0 Å². The molecule has 1 fully saturated rings. The summed E-state index contributed by atoms with van der Waals surface area (Å²) in [5.41, 5.74) is 1.50. The average Bonchev–Trinajstić information content (AvgIpc) is 3.27. The Kier molecular flexibility index (Phi) is 5.33. The molecule has 7 nitrogen and oxygen atoms in total. The molecule has 1 heterocycles. The summed E-state index contributed by atoms with van der Waals surface area (Å²) >= 11 is 0. The summed E-state index contributed by atoms with van der Waals surface area (Å²) in [7, 11) is 0. The lowest BCUT2D eigenvalue weighted by molar-refractivity contribution is 0.185. The molecule has 25 heavy (non-hydrogen) atoms. The second-order valence-corrected chi connectivity index (χ2v) is 6.73. The van der Waals surface area contributed by atoms with Gasteiger partial charge in [0.1, 0.15) is 0 Å². The van der Waals surface area contributed by atoms with E-state index in [4.69, 9.17) is 9.63 Å². The number of aliphatic hydroxyl groups is 1. The number of benzene rings is 1. The summed E-state index contributed by atoms with van der Waals surface area (Å²) < 4.78 is 5.27. The van der Waals surface area contributed by atoms with Crippen LogP contribution in [0.15, 0.2) is 28.8 Å². The SMILES string of the molecule is CC(C)c1noc(-c2ccc(NC(=O)N(CCO)CC3CC3)cc2)n1. The zero-order chi connectivity index (χ0) is 17.8. The highest BCUT2D eigenvalue weighted by atomic mass is 16.5. The van der Waals surface area contributed by atoms with E-state index in [0.717, 1.165) is 18.4 Å². The van der Waals surface area contributed by atoms with Gasteiger partial charge in [-0.1, -0.05) is 19.0 Å². The number of hydrogen-bond donors (Lipinski definition) is 2. The first-order chi connectivity index (χ1) is 12.1. The van der Waals surface area contributed by atoms with Crippen molar-refractivity contribution in [1.82, 2.24) is 15.0 Å². The summed E-state index contributed by atoms with van der Waals surface area (Å²) in [6, 6.07) is 7.10. The first kappa shape index (κ1) is 17.4. The third-order valence-electron chi connectivity index (χ3n) is 4.17. The first-order valence-electron chi connectivity index (χ1n) is 8.67. The number of hydrogen-bond acceptors (Lipinski definition) is 5. The second kappa shape index (κ2) is 7.65. The minimum Gasteiger partial charge on any atom is -0.395 e. The Morgan fingerprint density at radius 1 is 1.36 bits per heavy atom. The van der Waals surface area contributed by atoms with Gasteiger partial charge in [0.05, 0.1) is 6.61 Å². The number of nitrogens with zero attached hydrogens (tertiary/aromatic N) is 3. The van der Waals surface area contributed by atoms with E-state index in [1.165, 1.54) is 0 Å². The Morgan fingerprint density at radius 3 is 2.64 bits per heavy atom. The molecule has 1 aliphatic carbocycles. The summed E-state index contributed by atoms with van der Waals surface area (Å²) in [6.45, 7) is 5.03. The highest BCUT2D eigenvalue weighted by Gasteiger charge is 2.26. The Hall–Kier alpha value is -2.41. The smallest absolute Gasteiger partial charge is 0.321 e. The van der Waals surface area contributed by atoms with Crippen LogP contribution in [0, 0.1) is 5.92 Å². The van der Waals surface area contributed by atoms with Gasteiger partial charge in [0.2, 0.25) is 0 Å². The molecular formula is C18H24N4O3. The maximum Gasteiger partial charge on any atom is 0.321 e. The maximum atomic E-state index is 12.4. The molecule has 0 unspecified atom stereocenters. The third kappa shape index (κ3) is 4.57. The highest BCUT2D eigenvalue weighted by Crippen LogP contribution is 2.30. The second-order valence-electron chi connectivity index (χ2n) is 6.73. The van der Waals surface area contributed by atoms with Gasteiger partial charge in [-0.3, -0.25) is 0 Å². The van der Waals surface area contributed by atoms with Crippen molar-refractivity contribution in [3.05, 3.63) is 30.1 Å². The van der Waals surface area contributed by atoms with Crippen molar-refractivity contribution in [2.45, 2.75) is 32.6 Å². The molecule has 1 saturated carbocycles. The van der Waals surface area contributed by atoms with Crippen molar-refractivity contribution in [3.63, 3.8) is 0 Å². The van der Waals surface area contributed by atoms with Crippen molar-refractivity contribution in [2.24, 2.45) is 5.92 Å². The predicted molar refractivity (Wildman–Crippen MR) is 94.2 cm³/mol. The quantitative estimate of drug-likeness (QED) is 0.805. The molecule has 0 radical (unpaired) electrons. The van der Waals surface area contributed by atoms with Gasteiger partial charge in [0, 0.05) is 30.3 Å². The van der Waals surface area contributed by atoms with E-state index in [0.29, 0.717) is 36.4 Å². The van der Waals surface area contributed by atoms with Gasteiger partial charge in [-0.05, 0) is 43.0 Å². The van der Waals surface area contributed by atoms with E-state index in [-0.39, 0.29) is 18.6 Å². The lowest BCUT2D eigenvalue weighted by Crippen LogP contribution is -2.38. The van der Waals surface area contributed by atoms with Crippen molar-refractivity contribution in [2.75, 3.05) is 25.0 Å². The topological polar surface area (TPSA) is 91.5 Å². The Bertz CT molecular complexity index is 707. The predicted octanol–water partition coefficient (Wildman–Crippen LogP) is 3.10. The van der Waals surface area contributed by atoms with Gasteiger partial charge in [-0.15, -0.1) is 0 Å². The number of carbonyl (C=O) groups is 1. The molecule has 0 atom stereocenters. The zero-order valence-corrected chi connectivity index (χ0v) is 14.6. The number of urea groups is 1. The monoisotopic (exact) mass is 344 g/mol. The molecule has 1 aliphatic rings. The highest BCUT2D eigenvalue weighted by molar-refractivity contribution is 5.89. The van der Waals surface area contributed by atoms with E-state index in [2.05, 4.69) is 15.5 Å². The molecule has 0 aliphatic heterocycles. The molecule has 2 aromatic rings. The van der Waals surface area contributed by atoms with E-state index in [1.54, 1.807) is 17.0 Å². The van der Waals surface area contributed by atoms with Crippen LogP contribution in [-0.4, -0.2) is 45.9 Å². The Balaban J connectivity index is 1.63. The fraction of sp³-hybridized carbons (Fsp3) is 0.500. The lowest BCUT2D eigenvalue weighted by Gasteiger charge is -2.22. The summed E-state index contributed by atoms with van der Waals surface area (Å²) in [6.07, 6.45) is 2.32. The van der Waals surface area contributed by atoms with E-state index in [9.17, 15) is 4.79 Å².